The molecule has 0 aromatic carbocycles. The third kappa shape index (κ3) is 2.86. The maximum absolute atomic E-state index is 11.8. The number of anilines is 1. The summed E-state index contributed by atoms with van der Waals surface area (Å²) in [5.41, 5.74) is 6.47. The molecule has 0 aliphatic carbocycles. The Morgan fingerprint density at radius 1 is 1.47 bits per heavy atom. The van der Waals surface area contributed by atoms with Crippen LogP contribution in [0.5, 0.6) is 0 Å². The van der Waals surface area contributed by atoms with E-state index in [0.717, 1.165) is 15.3 Å². The number of rotatable bonds is 3. The molecule has 0 saturated heterocycles. The standard InChI is InChI=1S/C10H12N6O3/c1-15-8(12)6(9(18)16(2)10(15)19)5-13-14-7(17)3-4-11/h5H,3,12H2,1-2H3,(H,14,17)/b13-5+. The van der Waals surface area contributed by atoms with Crippen LogP contribution in [0.25, 0.3) is 0 Å². The second-order valence-corrected chi connectivity index (χ2v) is 3.63. The summed E-state index contributed by atoms with van der Waals surface area (Å²) in [5.74, 6) is -0.676. The zero-order chi connectivity index (χ0) is 14.6. The van der Waals surface area contributed by atoms with Crippen molar-refractivity contribution in [3.63, 3.8) is 0 Å². The van der Waals surface area contributed by atoms with Gasteiger partial charge in [-0.2, -0.15) is 10.4 Å². The monoisotopic (exact) mass is 264 g/mol. The SMILES string of the molecule is Cn1c(N)c(/C=N/NC(=O)CC#N)c(=O)n(C)c1=O. The first-order chi connectivity index (χ1) is 8.90. The fourth-order valence-electron chi connectivity index (χ4n) is 1.29. The van der Waals surface area contributed by atoms with E-state index in [1.807, 2.05) is 0 Å². The zero-order valence-electron chi connectivity index (χ0n) is 10.4. The van der Waals surface area contributed by atoms with E-state index in [4.69, 9.17) is 11.0 Å². The summed E-state index contributed by atoms with van der Waals surface area (Å²) in [7, 11) is 2.71. The lowest BCUT2D eigenvalue weighted by Gasteiger charge is -2.08. The highest BCUT2D eigenvalue weighted by Gasteiger charge is 2.11. The molecule has 0 unspecified atom stereocenters. The van der Waals surface area contributed by atoms with Crippen molar-refractivity contribution in [3.05, 3.63) is 26.4 Å². The Morgan fingerprint density at radius 3 is 2.68 bits per heavy atom. The van der Waals surface area contributed by atoms with Gasteiger partial charge in [0, 0.05) is 14.1 Å². The molecule has 3 N–H and O–H groups in total. The molecule has 100 valence electrons. The number of carbonyl (C=O) groups is 1. The van der Waals surface area contributed by atoms with E-state index in [9.17, 15) is 14.4 Å². The molecular weight excluding hydrogens is 252 g/mol. The minimum atomic E-state index is -0.626. The maximum Gasteiger partial charge on any atom is 0.332 e. The highest BCUT2D eigenvalue weighted by molar-refractivity contribution is 5.86. The van der Waals surface area contributed by atoms with Crippen LogP contribution in [0.2, 0.25) is 0 Å². The molecule has 0 atom stereocenters. The Morgan fingerprint density at radius 2 is 2.11 bits per heavy atom. The molecule has 0 radical (unpaired) electrons. The smallest absolute Gasteiger partial charge is 0.332 e. The molecule has 0 fully saturated rings. The third-order valence-corrected chi connectivity index (χ3v) is 2.37. The van der Waals surface area contributed by atoms with Crippen molar-refractivity contribution in [1.29, 1.82) is 5.26 Å². The Bertz CT molecular complexity index is 691. The largest absolute Gasteiger partial charge is 0.384 e. The van der Waals surface area contributed by atoms with Gasteiger partial charge in [-0.05, 0) is 0 Å². The molecule has 1 rings (SSSR count). The Balaban J connectivity index is 3.14. The summed E-state index contributed by atoms with van der Waals surface area (Å²) in [4.78, 5) is 34.3. The molecule has 1 heterocycles. The van der Waals surface area contributed by atoms with Gasteiger partial charge in [-0.1, -0.05) is 0 Å². The molecule has 0 aliphatic heterocycles. The van der Waals surface area contributed by atoms with E-state index in [1.54, 1.807) is 6.07 Å². The predicted molar refractivity (Wildman–Crippen MR) is 67.3 cm³/mol. The first-order valence-corrected chi connectivity index (χ1v) is 5.14. The lowest BCUT2D eigenvalue weighted by molar-refractivity contribution is -0.120. The van der Waals surface area contributed by atoms with Crippen LogP contribution in [0.1, 0.15) is 12.0 Å². The second kappa shape index (κ2) is 5.63. The topological polar surface area (TPSA) is 135 Å². The molecule has 9 heteroatoms. The number of nitriles is 1. The Kier molecular flexibility index (Phi) is 4.20. The van der Waals surface area contributed by atoms with E-state index in [1.165, 1.54) is 14.1 Å². The maximum atomic E-state index is 11.8. The van der Waals surface area contributed by atoms with Crippen LogP contribution in [0.3, 0.4) is 0 Å². The second-order valence-electron chi connectivity index (χ2n) is 3.63. The number of nitrogens with one attached hydrogen (secondary N) is 1. The van der Waals surface area contributed by atoms with Gasteiger partial charge in [0.15, 0.2) is 0 Å². The molecule has 1 aromatic heterocycles. The van der Waals surface area contributed by atoms with Crippen molar-refractivity contribution >= 4 is 17.9 Å². The number of nitrogen functional groups attached to an aromatic ring is 1. The fourth-order valence-corrected chi connectivity index (χ4v) is 1.29. The quantitative estimate of drug-likeness (QED) is 0.482. The van der Waals surface area contributed by atoms with Crippen molar-refractivity contribution < 1.29 is 4.79 Å². The molecule has 0 spiro atoms. The first kappa shape index (κ1) is 14.2. The summed E-state index contributed by atoms with van der Waals surface area (Å²) in [6.07, 6.45) is 0.685. The average Bonchev–Trinajstić information content (AvgIpc) is 2.38. The van der Waals surface area contributed by atoms with Gasteiger partial charge in [-0.3, -0.25) is 18.7 Å². The summed E-state index contributed by atoms with van der Waals surface area (Å²) < 4.78 is 1.95. The predicted octanol–water partition coefficient (Wildman–Crippen LogP) is -1.97. The van der Waals surface area contributed by atoms with Crippen molar-refractivity contribution in [2.24, 2.45) is 19.2 Å². The van der Waals surface area contributed by atoms with Crippen LogP contribution in [0, 0.1) is 11.3 Å². The van der Waals surface area contributed by atoms with Crippen molar-refractivity contribution in [2.75, 3.05) is 5.73 Å². The van der Waals surface area contributed by atoms with Crippen LogP contribution in [-0.4, -0.2) is 21.3 Å². The molecular formula is C10H12N6O3. The van der Waals surface area contributed by atoms with Gasteiger partial charge in [0.1, 0.15) is 17.8 Å². The van der Waals surface area contributed by atoms with Crippen LogP contribution in [0.4, 0.5) is 5.82 Å². The summed E-state index contributed by atoms with van der Waals surface area (Å²) in [6.45, 7) is 0. The van der Waals surface area contributed by atoms with Gasteiger partial charge in [0.25, 0.3) is 11.5 Å². The third-order valence-electron chi connectivity index (χ3n) is 2.37. The number of nitrogens with zero attached hydrogens (tertiary/aromatic N) is 4. The number of hydrogen-bond acceptors (Lipinski definition) is 6. The van der Waals surface area contributed by atoms with Gasteiger partial charge in [0.2, 0.25) is 0 Å². The van der Waals surface area contributed by atoms with E-state index < -0.39 is 17.2 Å². The molecule has 0 aliphatic rings. The number of hydrazone groups is 1. The number of amides is 1. The van der Waals surface area contributed by atoms with Gasteiger partial charge in [-0.15, -0.1) is 0 Å². The molecule has 1 amide bonds. The first-order valence-electron chi connectivity index (χ1n) is 5.14. The van der Waals surface area contributed by atoms with Gasteiger partial charge >= 0.3 is 5.69 Å². The molecule has 1 aromatic rings. The molecule has 19 heavy (non-hydrogen) atoms. The lowest BCUT2D eigenvalue weighted by atomic mass is 10.3. The van der Waals surface area contributed by atoms with E-state index in [0.29, 0.717) is 0 Å². The fraction of sp³-hybridized carbons (Fsp3) is 0.300. The summed E-state index contributed by atoms with van der Waals surface area (Å²) >= 11 is 0. The average molecular weight is 264 g/mol. The normalized spacial score (nSPS) is 10.4. The Labute approximate surface area is 107 Å². The highest BCUT2D eigenvalue weighted by Crippen LogP contribution is 1.98. The van der Waals surface area contributed by atoms with E-state index >= 15 is 0 Å². The van der Waals surface area contributed by atoms with Crippen LogP contribution in [-0.2, 0) is 18.9 Å². The Hall–Kier alpha value is -2.89. The van der Waals surface area contributed by atoms with Crippen molar-refractivity contribution in [3.8, 4) is 6.07 Å². The molecule has 0 bridgehead atoms. The number of nitrogens with two attached hydrogens (primary N) is 1. The number of hydrogen-bond donors (Lipinski definition) is 2. The minimum Gasteiger partial charge on any atom is -0.384 e. The summed E-state index contributed by atoms with van der Waals surface area (Å²) in [5, 5.41) is 11.8. The van der Waals surface area contributed by atoms with Crippen molar-refractivity contribution in [1.82, 2.24) is 14.6 Å². The van der Waals surface area contributed by atoms with E-state index in [2.05, 4.69) is 10.5 Å². The summed E-state index contributed by atoms with van der Waals surface area (Å²) in [6, 6.07) is 1.64. The van der Waals surface area contributed by atoms with Crippen LogP contribution in [0.15, 0.2) is 14.7 Å². The van der Waals surface area contributed by atoms with Gasteiger partial charge in [0.05, 0.1) is 12.3 Å². The lowest BCUT2D eigenvalue weighted by Crippen LogP contribution is -2.40. The number of aromatic nitrogens is 2. The van der Waals surface area contributed by atoms with Crippen LogP contribution >= 0.6 is 0 Å². The van der Waals surface area contributed by atoms with Crippen molar-refractivity contribution in [2.45, 2.75) is 6.42 Å². The number of carbonyl (C=O) groups excluding carboxylic acids is 1. The molecule has 9 nitrogen and oxygen atoms in total. The van der Waals surface area contributed by atoms with E-state index in [-0.39, 0.29) is 17.8 Å². The molecule has 0 saturated carbocycles. The van der Waals surface area contributed by atoms with Crippen LogP contribution < -0.4 is 22.4 Å². The minimum absolute atomic E-state index is 0.0261. The highest BCUT2D eigenvalue weighted by atomic mass is 16.2. The zero-order valence-corrected chi connectivity index (χ0v) is 10.4. The van der Waals surface area contributed by atoms with Gasteiger partial charge in [-0.25, -0.2) is 10.2 Å². The van der Waals surface area contributed by atoms with Gasteiger partial charge < -0.3 is 5.73 Å².